The van der Waals surface area contributed by atoms with E-state index in [1.54, 1.807) is 160 Å². The second-order valence-electron chi connectivity index (χ2n) is 35.5. The standard InChI is InChI=1S/C64H44O16P2S2.C58H48O6/c1-39-19-20-42(35-61(39)83-80-79-67)64(66)43-25-32-56(62(36-43)84(70,71)72)76-47-31-34-55(60(38-47)82(69)58-18-10-6-14-51(58)49-12-4-8-16-53(49)78-82)75-45-28-23-41(24-29-45)63(65)40-21-26-44(27-22-40)74-46-30-33-54(73-2)59(37-46)81(68)57-17-9-5-13-50(57)48-11-3-7-15-52(48)77-81;1-40-6-8-43(9-7-40)56(59)44-14-28-52(29-15-44)62-50-24-10-41(11-25-50)42-12-26-51(27-13-42)63-53-30-16-45(17-31-53)57(60)46-18-32-54(33-19-46)64-55-36-22-48(23-37-55)58(38-4-3-5-39-58)47-20-34-49(61-2)35-21-47/h3-38,67H,1-2H3,(H,70,71,72);6-37H,3-5,38-39H2,1-2H3. The Labute approximate surface area is 858 Å². The molecule has 0 aromatic heterocycles. The monoisotopic (exact) mass is 2030 g/mol. The molecule has 2 aliphatic heterocycles. The van der Waals surface area contributed by atoms with Gasteiger partial charge in [-0.2, -0.15) is 8.42 Å². The van der Waals surface area contributed by atoms with Crippen molar-refractivity contribution in [2.24, 2.45) is 0 Å². The van der Waals surface area contributed by atoms with Crippen LogP contribution in [0, 0.1) is 13.8 Å². The number of carbonyl (C=O) groups is 4. The van der Waals surface area contributed by atoms with Gasteiger partial charge in [0.25, 0.3) is 10.1 Å². The molecule has 2 unspecified atom stereocenters. The lowest BCUT2D eigenvalue weighted by Crippen LogP contribution is -2.30. The molecule has 18 aromatic rings. The predicted molar refractivity (Wildman–Crippen MR) is 569 cm³/mol. The Bertz CT molecular complexity index is 8270. The summed E-state index contributed by atoms with van der Waals surface area (Å²) in [6, 6.07) is 121. The SMILES string of the molecule is COc1ccc(C2(c3ccc(Oc4ccc(C(=O)c5ccc(Oc6ccc(-c7ccc(Oc8ccc(C(=O)c9ccc(C)cc9)cc8)cc7)cc6)cc5)cc4)cc3)CCCCC2)cc1.COc1ccc(Oc2ccc(C(=O)c3ccc(Oc4ccc(Oc5ccc(C(=O)c6ccc(C)c(SOOO)c6)cc5S(=O)(=O)O)cc4P4(=O)Oc5ccccc5-c5ccccc54)cc3)cc2)cc1P1(=O)Oc2ccccc2-c2ccccc21. The van der Waals surface area contributed by atoms with Crippen LogP contribution in [0.15, 0.2) is 422 Å². The Morgan fingerprint density at radius 3 is 1.07 bits per heavy atom. The van der Waals surface area contributed by atoms with E-state index in [4.69, 9.17) is 52.2 Å². The van der Waals surface area contributed by atoms with Crippen LogP contribution in [0.4, 0.5) is 0 Å². The van der Waals surface area contributed by atoms with E-state index < -0.39 is 35.5 Å². The lowest BCUT2D eigenvalue weighted by molar-refractivity contribution is -0.432. The summed E-state index contributed by atoms with van der Waals surface area (Å²) in [5.41, 5.74) is 12.6. The Morgan fingerprint density at radius 2 is 0.642 bits per heavy atom. The fourth-order valence-corrected chi connectivity index (χ4v) is 24.4. The van der Waals surface area contributed by atoms with Crippen LogP contribution >= 0.6 is 26.8 Å². The highest BCUT2D eigenvalue weighted by atomic mass is 32.2. The number of benzene rings is 18. The molecule has 2 heterocycles. The molecule has 734 valence electrons. The third kappa shape index (κ3) is 21.1. The lowest BCUT2D eigenvalue weighted by atomic mass is 9.65. The number of ketones is 4. The molecule has 22 nitrogen and oxygen atoms in total. The van der Waals surface area contributed by atoms with Gasteiger partial charge in [0.15, 0.2) is 23.1 Å². The number of aryl methyl sites for hydroxylation is 2. The van der Waals surface area contributed by atoms with Crippen molar-refractivity contribution >= 4 is 81.2 Å². The van der Waals surface area contributed by atoms with E-state index in [1.165, 1.54) is 80.0 Å². The summed E-state index contributed by atoms with van der Waals surface area (Å²) in [4.78, 5) is 53.6. The van der Waals surface area contributed by atoms with Crippen molar-refractivity contribution in [3.8, 4) is 125 Å². The molecule has 0 saturated heterocycles. The van der Waals surface area contributed by atoms with Crippen LogP contribution in [0.2, 0.25) is 0 Å². The number of rotatable bonds is 31. The largest absolute Gasteiger partial charge is 0.497 e. The van der Waals surface area contributed by atoms with Gasteiger partial charge in [-0.25, -0.2) is 5.26 Å². The van der Waals surface area contributed by atoms with E-state index in [9.17, 15) is 32.1 Å². The molecule has 2 N–H and O–H groups in total. The van der Waals surface area contributed by atoms with Crippen LogP contribution in [-0.2, 0) is 34.0 Å². The summed E-state index contributed by atoms with van der Waals surface area (Å²) in [7, 11) is -9.76. The van der Waals surface area contributed by atoms with Crippen molar-refractivity contribution in [1.29, 1.82) is 0 Å². The van der Waals surface area contributed by atoms with Gasteiger partial charge in [-0.3, -0.25) is 32.9 Å². The second kappa shape index (κ2) is 42.9. The average Bonchev–Trinajstić information content (AvgIpc) is 0.715. The minimum absolute atomic E-state index is 0.0153. The molecule has 21 rings (SSSR count). The molecular weight excluding hydrogens is 1940 g/mol. The van der Waals surface area contributed by atoms with Crippen molar-refractivity contribution in [3.05, 3.63) is 479 Å². The van der Waals surface area contributed by atoms with E-state index in [0.717, 1.165) is 58.2 Å². The minimum Gasteiger partial charge on any atom is -0.497 e. The third-order valence-electron chi connectivity index (χ3n) is 26.1. The van der Waals surface area contributed by atoms with Gasteiger partial charge in [-0.05, 0) is 320 Å². The van der Waals surface area contributed by atoms with Crippen LogP contribution in [0.3, 0.4) is 0 Å². The van der Waals surface area contributed by atoms with Gasteiger partial charge in [0.1, 0.15) is 96.9 Å². The summed E-state index contributed by atoms with van der Waals surface area (Å²) in [6.07, 6.45) is 5.92. The molecule has 18 aromatic carbocycles. The van der Waals surface area contributed by atoms with Gasteiger partial charge < -0.3 is 46.9 Å². The third-order valence-corrected chi connectivity index (χ3v) is 32.7. The summed E-state index contributed by atoms with van der Waals surface area (Å²) in [5.74, 6) is 5.77. The highest BCUT2D eigenvalue weighted by Crippen LogP contribution is 2.59. The first-order valence-electron chi connectivity index (χ1n) is 47.4. The number of ether oxygens (including phenoxy) is 8. The van der Waals surface area contributed by atoms with Crippen molar-refractivity contribution in [2.75, 3.05) is 14.2 Å². The smallest absolute Gasteiger partial charge is 0.311 e. The number of fused-ring (bicyclic) bond motifs is 6. The van der Waals surface area contributed by atoms with E-state index in [0.29, 0.717) is 140 Å². The van der Waals surface area contributed by atoms with Crippen molar-refractivity contribution in [1.82, 2.24) is 0 Å². The molecule has 1 fully saturated rings. The first-order chi connectivity index (χ1) is 71.9. The maximum atomic E-state index is 15.8. The number of methoxy groups -OCH3 is 2. The second-order valence-corrected chi connectivity index (χ2v) is 42.1. The first-order valence-corrected chi connectivity index (χ1v) is 52.8. The van der Waals surface area contributed by atoms with Gasteiger partial charge in [0.2, 0.25) is 0 Å². The van der Waals surface area contributed by atoms with Crippen LogP contribution in [0.25, 0.3) is 33.4 Å². The number of hydrogen-bond acceptors (Lipinski definition) is 22. The van der Waals surface area contributed by atoms with Gasteiger partial charge in [0, 0.05) is 65.9 Å². The molecule has 0 bridgehead atoms. The molecule has 1 aliphatic carbocycles. The molecule has 148 heavy (non-hydrogen) atoms. The normalized spacial score (nSPS) is 14.5. The average molecular weight is 2040 g/mol. The van der Waals surface area contributed by atoms with Crippen molar-refractivity contribution in [3.63, 3.8) is 0 Å². The van der Waals surface area contributed by atoms with Crippen LogP contribution < -0.4 is 68.2 Å². The Kier molecular flexibility index (Phi) is 28.6. The first kappa shape index (κ1) is 98.6. The fourth-order valence-electron chi connectivity index (χ4n) is 18.5. The van der Waals surface area contributed by atoms with E-state index >= 15 is 9.13 Å². The van der Waals surface area contributed by atoms with E-state index in [1.807, 2.05) is 189 Å². The molecule has 0 spiro atoms. The molecule has 26 heteroatoms. The van der Waals surface area contributed by atoms with Crippen LogP contribution in [0.1, 0.15) is 118 Å². The molecule has 0 radical (unpaired) electrons. The highest BCUT2D eigenvalue weighted by molar-refractivity contribution is 7.94. The Morgan fingerprint density at radius 1 is 0.318 bits per heavy atom. The maximum absolute atomic E-state index is 15.8. The number of hydrogen-bond donors (Lipinski definition) is 2. The molecule has 1 saturated carbocycles. The van der Waals surface area contributed by atoms with Gasteiger partial charge in [0.05, 0.1) is 47.5 Å². The zero-order valence-electron chi connectivity index (χ0n) is 80.1. The lowest BCUT2D eigenvalue weighted by Gasteiger charge is -2.38. The topological polar surface area (TPSA) is 288 Å². The van der Waals surface area contributed by atoms with Gasteiger partial charge >= 0.3 is 14.7 Å². The van der Waals surface area contributed by atoms with E-state index in [2.05, 4.69) is 45.8 Å². The zero-order valence-corrected chi connectivity index (χ0v) is 83.5. The predicted octanol–water partition coefficient (Wildman–Crippen LogP) is 28.9. The van der Waals surface area contributed by atoms with E-state index in [-0.39, 0.29) is 62.2 Å². The summed E-state index contributed by atoms with van der Waals surface area (Å²) in [5, 5.41) is 13.6. The van der Waals surface area contributed by atoms with Crippen LogP contribution in [-0.4, -0.2) is 55.6 Å². The molecule has 0 amide bonds. The minimum atomic E-state index is -5.04. The van der Waals surface area contributed by atoms with Crippen LogP contribution in [0.5, 0.6) is 92.0 Å². The highest BCUT2D eigenvalue weighted by Gasteiger charge is 2.44. The summed E-state index contributed by atoms with van der Waals surface area (Å²) in [6.45, 7) is 3.74. The van der Waals surface area contributed by atoms with Crippen molar-refractivity contribution in [2.45, 2.75) is 61.2 Å². The summed E-state index contributed by atoms with van der Waals surface area (Å²) >= 11 is 0.649. The zero-order chi connectivity index (χ0) is 102. The molecule has 2 atom stereocenters. The molecular formula is C122H92O22P2S2. The van der Waals surface area contributed by atoms with Crippen molar-refractivity contribution < 1.29 is 103 Å². The molecule has 3 aliphatic rings. The van der Waals surface area contributed by atoms with Gasteiger partial charge in [-0.15, -0.1) is 4.33 Å². The maximum Gasteiger partial charge on any atom is 0.311 e. The number of carbonyl (C=O) groups excluding carboxylic acids is 4. The fraction of sp³-hybridized carbons (Fsp3) is 0.0820. The van der Waals surface area contributed by atoms with Gasteiger partial charge in [-0.1, -0.05) is 188 Å². The Balaban J connectivity index is 0.000000186. The quantitative estimate of drug-likeness (QED) is 0.0102. The number of para-hydroxylation sites is 2. The Hall–Kier alpha value is -16.8. The summed E-state index contributed by atoms with van der Waals surface area (Å²) < 4.78 is 133.